The van der Waals surface area contributed by atoms with Gasteiger partial charge in [-0.05, 0) is 13.3 Å². The van der Waals surface area contributed by atoms with Crippen LogP contribution in [0.5, 0.6) is 0 Å². The van der Waals surface area contributed by atoms with Crippen molar-refractivity contribution in [2.45, 2.75) is 26.8 Å². The van der Waals surface area contributed by atoms with Gasteiger partial charge in [-0.2, -0.15) is 5.10 Å². The van der Waals surface area contributed by atoms with Crippen LogP contribution < -0.4 is 16.4 Å². The van der Waals surface area contributed by atoms with E-state index in [1.807, 2.05) is 20.2 Å². The van der Waals surface area contributed by atoms with E-state index in [-0.39, 0.29) is 11.7 Å². The summed E-state index contributed by atoms with van der Waals surface area (Å²) < 4.78 is 1.73. The molecular weight excluding hydrogens is 288 g/mol. The summed E-state index contributed by atoms with van der Waals surface area (Å²) in [6.07, 6.45) is 2.88. The number of nitrogens with one attached hydrogen (secondary N) is 2. The maximum Gasteiger partial charge on any atom is 0.265 e. The van der Waals surface area contributed by atoms with E-state index in [0.29, 0.717) is 16.6 Å². The van der Waals surface area contributed by atoms with E-state index in [9.17, 15) is 4.79 Å². The zero-order valence-electron chi connectivity index (χ0n) is 12.4. The molecule has 2 rings (SSSR count). The molecule has 0 saturated carbocycles. The lowest BCUT2D eigenvalue weighted by Crippen LogP contribution is -2.22. The van der Waals surface area contributed by atoms with Crippen molar-refractivity contribution in [3.63, 3.8) is 0 Å². The van der Waals surface area contributed by atoms with Crippen molar-refractivity contribution in [2.75, 3.05) is 17.6 Å². The number of rotatable bonds is 6. The first-order valence-electron chi connectivity index (χ1n) is 6.78. The molecule has 0 unspecified atom stereocenters. The van der Waals surface area contributed by atoms with Crippen LogP contribution in [-0.2, 0) is 13.6 Å². The van der Waals surface area contributed by atoms with Crippen molar-refractivity contribution in [1.82, 2.24) is 20.1 Å². The molecule has 0 spiro atoms. The Balaban J connectivity index is 2.00. The monoisotopic (exact) mass is 308 g/mol. The molecule has 0 atom stereocenters. The second kappa shape index (κ2) is 6.57. The Kier molecular flexibility index (Phi) is 4.79. The molecule has 21 heavy (non-hydrogen) atoms. The van der Waals surface area contributed by atoms with Crippen LogP contribution in [0.1, 0.15) is 34.3 Å². The van der Waals surface area contributed by atoms with Crippen molar-refractivity contribution < 1.29 is 4.79 Å². The standard InChI is InChI=1S/C13H20N6OS/c1-4-5-15-13-17-11(14)10(21-13)12(20)16-6-9-7-19(3)18-8(9)2/h7H,4-6,14H2,1-3H3,(H,15,17)(H,16,20). The summed E-state index contributed by atoms with van der Waals surface area (Å²) in [6, 6.07) is 0. The van der Waals surface area contributed by atoms with Gasteiger partial charge in [-0.25, -0.2) is 4.98 Å². The number of carbonyl (C=O) groups is 1. The van der Waals surface area contributed by atoms with E-state index in [4.69, 9.17) is 5.73 Å². The van der Waals surface area contributed by atoms with E-state index in [0.717, 1.165) is 24.2 Å². The highest BCUT2D eigenvalue weighted by atomic mass is 32.1. The minimum absolute atomic E-state index is 0.210. The molecule has 0 radical (unpaired) electrons. The molecule has 0 aliphatic carbocycles. The number of hydrogen-bond acceptors (Lipinski definition) is 6. The highest BCUT2D eigenvalue weighted by Gasteiger charge is 2.16. The fourth-order valence-electron chi connectivity index (χ4n) is 1.88. The van der Waals surface area contributed by atoms with Gasteiger partial charge in [0, 0.05) is 31.9 Å². The molecule has 2 aromatic heterocycles. The van der Waals surface area contributed by atoms with Gasteiger partial charge in [0.1, 0.15) is 10.7 Å². The van der Waals surface area contributed by atoms with Gasteiger partial charge in [-0.3, -0.25) is 9.48 Å². The number of nitrogens with zero attached hydrogens (tertiary/aromatic N) is 3. The Morgan fingerprint density at radius 3 is 2.90 bits per heavy atom. The number of nitrogen functional groups attached to an aromatic ring is 1. The average Bonchev–Trinajstić information content (AvgIpc) is 2.96. The summed E-state index contributed by atoms with van der Waals surface area (Å²) in [5.41, 5.74) is 7.69. The fourth-order valence-corrected chi connectivity index (χ4v) is 2.71. The number of anilines is 2. The van der Waals surface area contributed by atoms with E-state index in [1.54, 1.807) is 4.68 Å². The largest absolute Gasteiger partial charge is 0.382 e. The van der Waals surface area contributed by atoms with E-state index >= 15 is 0 Å². The summed E-state index contributed by atoms with van der Waals surface area (Å²) in [4.78, 5) is 16.8. The molecule has 0 aliphatic heterocycles. The van der Waals surface area contributed by atoms with E-state index in [2.05, 4.69) is 27.6 Å². The fraction of sp³-hybridized carbons (Fsp3) is 0.462. The number of hydrogen-bond donors (Lipinski definition) is 3. The molecule has 0 bridgehead atoms. The number of aromatic nitrogens is 3. The number of amides is 1. The minimum Gasteiger partial charge on any atom is -0.382 e. The zero-order chi connectivity index (χ0) is 15.4. The normalized spacial score (nSPS) is 10.6. The van der Waals surface area contributed by atoms with Gasteiger partial charge in [-0.1, -0.05) is 18.3 Å². The summed E-state index contributed by atoms with van der Waals surface area (Å²) in [5.74, 6) is 0.0526. The van der Waals surface area contributed by atoms with Gasteiger partial charge in [0.15, 0.2) is 5.13 Å². The SMILES string of the molecule is CCCNc1nc(N)c(C(=O)NCc2cn(C)nc2C)s1. The molecule has 0 fully saturated rings. The summed E-state index contributed by atoms with van der Waals surface area (Å²) in [6.45, 7) is 5.21. The maximum atomic E-state index is 12.2. The lowest BCUT2D eigenvalue weighted by Gasteiger charge is -2.02. The predicted octanol–water partition coefficient (Wildman–Crippen LogP) is 1.52. The van der Waals surface area contributed by atoms with Crippen LogP contribution in [0.4, 0.5) is 10.9 Å². The van der Waals surface area contributed by atoms with Crippen molar-refractivity contribution in [3.05, 3.63) is 22.3 Å². The molecule has 2 heterocycles. The third-order valence-electron chi connectivity index (χ3n) is 2.94. The Hall–Kier alpha value is -2.09. The maximum absolute atomic E-state index is 12.2. The Labute approximate surface area is 127 Å². The van der Waals surface area contributed by atoms with Crippen LogP contribution >= 0.6 is 11.3 Å². The van der Waals surface area contributed by atoms with Gasteiger partial charge in [0.25, 0.3) is 5.91 Å². The molecule has 0 aromatic carbocycles. The Morgan fingerprint density at radius 1 is 1.52 bits per heavy atom. The van der Waals surface area contributed by atoms with Gasteiger partial charge < -0.3 is 16.4 Å². The first kappa shape index (κ1) is 15.3. The molecule has 4 N–H and O–H groups in total. The number of carbonyl (C=O) groups excluding carboxylic acids is 1. The van der Waals surface area contributed by atoms with Crippen LogP contribution in [0.15, 0.2) is 6.20 Å². The highest BCUT2D eigenvalue weighted by Crippen LogP contribution is 2.24. The molecule has 0 saturated heterocycles. The molecular formula is C13H20N6OS. The number of aryl methyl sites for hydroxylation is 2. The zero-order valence-corrected chi connectivity index (χ0v) is 13.3. The third-order valence-corrected chi connectivity index (χ3v) is 3.97. The second-order valence-electron chi connectivity index (χ2n) is 4.76. The van der Waals surface area contributed by atoms with Gasteiger partial charge in [0.2, 0.25) is 0 Å². The third kappa shape index (κ3) is 3.72. The Morgan fingerprint density at radius 2 is 2.29 bits per heavy atom. The summed E-state index contributed by atoms with van der Waals surface area (Å²) >= 11 is 1.27. The highest BCUT2D eigenvalue weighted by molar-refractivity contribution is 7.18. The second-order valence-corrected chi connectivity index (χ2v) is 5.76. The summed E-state index contributed by atoms with van der Waals surface area (Å²) in [5, 5.41) is 10.9. The average molecular weight is 308 g/mol. The lowest BCUT2D eigenvalue weighted by atomic mass is 10.2. The van der Waals surface area contributed by atoms with Crippen LogP contribution in [0.25, 0.3) is 0 Å². The van der Waals surface area contributed by atoms with Crippen LogP contribution in [-0.4, -0.2) is 27.2 Å². The number of thiazole rings is 1. The van der Waals surface area contributed by atoms with E-state index < -0.39 is 0 Å². The molecule has 0 aliphatic rings. The lowest BCUT2D eigenvalue weighted by molar-refractivity contribution is 0.0955. The smallest absolute Gasteiger partial charge is 0.265 e. The molecule has 8 heteroatoms. The molecule has 114 valence electrons. The van der Waals surface area contributed by atoms with Crippen molar-refractivity contribution >= 4 is 28.2 Å². The van der Waals surface area contributed by atoms with Crippen LogP contribution in [0.2, 0.25) is 0 Å². The van der Waals surface area contributed by atoms with Crippen molar-refractivity contribution in [1.29, 1.82) is 0 Å². The molecule has 1 amide bonds. The topological polar surface area (TPSA) is 97.9 Å². The molecule has 7 nitrogen and oxygen atoms in total. The predicted molar refractivity (Wildman–Crippen MR) is 84.4 cm³/mol. The first-order valence-corrected chi connectivity index (χ1v) is 7.60. The van der Waals surface area contributed by atoms with Gasteiger partial charge >= 0.3 is 0 Å². The van der Waals surface area contributed by atoms with Crippen LogP contribution in [0.3, 0.4) is 0 Å². The summed E-state index contributed by atoms with van der Waals surface area (Å²) in [7, 11) is 1.85. The van der Waals surface area contributed by atoms with E-state index in [1.165, 1.54) is 11.3 Å². The molecule has 2 aromatic rings. The quantitative estimate of drug-likeness (QED) is 0.751. The van der Waals surface area contributed by atoms with Gasteiger partial charge in [-0.15, -0.1) is 0 Å². The minimum atomic E-state index is -0.210. The van der Waals surface area contributed by atoms with Crippen molar-refractivity contribution in [3.8, 4) is 0 Å². The van der Waals surface area contributed by atoms with Crippen molar-refractivity contribution in [2.24, 2.45) is 7.05 Å². The first-order chi connectivity index (χ1) is 10.0. The van der Waals surface area contributed by atoms with Crippen LogP contribution in [0, 0.1) is 6.92 Å². The Bertz CT molecular complexity index is 633. The van der Waals surface area contributed by atoms with Gasteiger partial charge in [0.05, 0.1) is 5.69 Å². The number of nitrogens with two attached hydrogens (primary N) is 1.